The summed E-state index contributed by atoms with van der Waals surface area (Å²) in [5.41, 5.74) is 4.56. The Hall–Kier alpha value is -3.43. The number of rotatable bonds is 8. The van der Waals surface area contributed by atoms with Gasteiger partial charge in [0.05, 0.1) is 24.7 Å². The van der Waals surface area contributed by atoms with Crippen molar-refractivity contribution in [1.82, 2.24) is 30.1 Å². The lowest BCUT2D eigenvalue weighted by Gasteiger charge is -2.24. The lowest BCUT2D eigenvalue weighted by atomic mass is 10.0. The van der Waals surface area contributed by atoms with Crippen molar-refractivity contribution in [3.8, 4) is 0 Å². The number of nitrogens with one attached hydrogen (secondary N) is 1. The van der Waals surface area contributed by atoms with E-state index >= 15 is 0 Å². The number of hydrogen-bond acceptors (Lipinski definition) is 6. The number of aromatic nitrogens is 5. The van der Waals surface area contributed by atoms with Crippen LogP contribution >= 0.6 is 0 Å². The second-order valence-corrected chi connectivity index (χ2v) is 9.30. The van der Waals surface area contributed by atoms with Crippen molar-refractivity contribution in [2.75, 3.05) is 13.2 Å². The molecule has 1 saturated heterocycles. The summed E-state index contributed by atoms with van der Waals surface area (Å²) < 4.78 is 20.9. The molecule has 0 aliphatic carbocycles. The summed E-state index contributed by atoms with van der Waals surface area (Å²) in [5, 5.41) is 13.3. The quantitative estimate of drug-likeness (QED) is 0.419. The molecule has 1 N–H and O–H groups in total. The summed E-state index contributed by atoms with van der Waals surface area (Å²) in [4.78, 5) is 18.3. The number of fused-ring (bicyclic) bond motifs is 1. The number of benzene rings is 2. The van der Waals surface area contributed by atoms with Crippen LogP contribution in [0.1, 0.15) is 40.9 Å². The summed E-state index contributed by atoms with van der Waals surface area (Å²) >= 11 is 0. The second-order valence-electron chi connectivity index (χ2n) is 9.30. The van der Waals surface area contributed by atoms with Crippen LogP contribution in [0.3, 0.4) is 0 Å². The highest BCUT2D eigenvalue weighted by Crippen LogP contribution is 2.21. The van der Waals surface area contributed by atoms with E-state index in [9.17, 15) is 9.18 Å². The monoisotopic (exact) mass is 476 g/mol. The molecule has 0 amide bonds. The van der Waals surface area contributed by atoms with Gasteiger partial charge in [-0.25, -0.2) is 9.07 Å². The van der Waals surface area contributed by atoms with E-state index in [2.05, 4.69) is 38.4 Å². The van der Waals surface area contributed by atoms with Crippen LogP contribution in [0.2, 0.25) is 0 Å². The number of aromatic amines is 1. The number of hydrogen-bond donors (Lipinski definition) is 1. The van der Waals surface area contributed by atoms with Crippen LogP contribution in [-0.2, 0) is 24.4 Å². The molecule has 0 spiro atoms. The van der Waals surface area contributed by atoms with E-state index in [0.717, 1.165) is 47.0 Å². The van der Waals surface area contributed by atoms with Gasteiger partial charge in [-0.05, 0) is 72.0 Å². The van der Waals surface area contributed by atoms with Gasteiger partial charge in [-0.3, -0.25) is 9.69 Å². The van der Waals surface area contributed by atoms with Gasteiger partial charge in [0.1, 0.15) is 5.82 Å². The Morgan fingerprint density at radius 1 is 1.14 bits per heavy atom. The molecule has 35 heavy (non-hydrogen) atoms. The van der Waals surface area contributed by atoms with Gasteiger partial charge in [0, 0.05) is 30.6 Å². The van der Waals surface area contributed by atoms with Crippen molar-refractivity contribution < 1.29 is 9.13 Å². The van der Waals surface area contributed by atoms with Crippen molar-refractivity contribution in [1.29, 1.82) is 0 Å². The van der Waals surface area contributed by atoms with Gasteiger partial charge in [-0.2, -0.15) is 0 Å². The van der Waals surface area contributed by atoms with Crippen molar-refractivity contribution >= 4 is 10.9 Å². The Kier molecular flexibility index (Phi) is 6.70. The maximum Gasteiger partial charge on any atom is 0.252 e. The third-order valence-electron chi connectivity index (χ3n) is 6.62. The highest BCUT2D eigenvalue weighted by atomic mass is 19.1. The van der Waals surface area contributed by atoms with E-state index in [-0.39, 0.29) is 17.5 Å². The van der Waals surface area contributed by atoms with E-state index in [1.54, 1.807) is 16.8 Å². The Morgan fingerprint density at radius 2 is 1.94 bits per heavy atom. The zero-order valence-corrected chi connectivity index (χ0v) is 20.0. The first-order valence-corrected chi connectivity index (χ1v) is 11.9. The number of halogens is 1. The predicted molar refractivity (Wildman–Crippen MR) is 130 cm³/mol. The van der Waals surface area contributed by atoms with Gasteiger partial charge in [0.15, 0.2) is 5.82 Å². The summed E-state index contributed by atoms with van der Waals surface area (Å²) in [5.74, 6) is 0.399. The van der Waals surface area contributed by atoms with E-state index in [0.29, 0.717) is 37.6 Å². The molecule has 182 valence electrons. The first kappa shape index (κ1) is 23.3. The minimum atomic E-state index is -0.278. The molecule has 0 unspecified atom stereocenters. The molecule has 0 saturated carbocycles. The van der Waals surface area contributed by atoms with Gasteiger partial charge in [-0.1, -0.05) is 24.3 Å². The topological polar surface area (TPSA) is 88.9 Å². The molecule has 8 nitrogen and oxygen atoms in total. The van der Waals surface area contributed by atoms with Crippen LogP contribution in [-0.4, -0.2) is 49.3 Å². The summed E-state index contributed by atoms with van der Waals surface area (Å²) in [7, 11) is 0. The maximum absolute atomic E-state index is 13.3. The molecule has 3 heterocycles. The van der Waals surface area contributed by atoms with Gasteiger partial charge < -0.3 is 9.72 Å². The number of pyridine rings is 1. The van der Waals surface area contributed by atoms with Crippen molar-refractivity contribution in [3.63, 3.8) is 0 Å². The zero-order valence-electron chi connectivity index (χ0n) is 20.0. The Bertz CT molecular complexity index is 1380. The molecule has 0 bridgehead atoms. The molecular formula is C26H29FN6O2. The minimum absolute atomic E-state index is 0.0885. The van der Waals surface area contributed by atoms with E-state index in [1.807, 2.05) is 19.1 Å². The molecule has 1 atom stereocenters. The van der Waals surface area contributed by atoms with Crippen LogP contribution in [0.25, 0.3) is 10.9 Å². The molecule has 1 fully saturated rings. The Labute approximate surface area is 202 Å². The average molecular weight is 477 g/mol. The first-order valence-electron chi connectivity index (χ1n) is 11.9. The van der Waals surface area contributed by atoms with Crippen molar-refractivity contribution in [3.05, 3.63) is 86.7 Å². The largest absolute Gasteiger partial charge is 0.377 e. The summed E-state index contributed by atoms with van der Waals surface area (Å²) in [6.45, 7) is 6.83. The van der Waals surface area contributed by atoms with Crippen LogP contribution in [0.4, 0.5) is 4.39 Å². The molecular weight excluding hydrogens is 447 g/mol. The summed E-state index contributed by atoms with van der Waals surface area (Å²) in [6.07, 6.45) is 2.14. The molecule has 1 aliphatic rings. The second kappa shape index (κ2) is 10.1. The number of aryl methyl sites for hydroxylation is 2. The first-order chi connectivity index (χ1) is 17.0. The third-order valence-corrected chi connectivity index (χ3v) is 6.62. The molecule has 5 rings (SSSR count). The fourth-order valence-electron chi connectivity index (χ4n) is 4.66. The fourth-order valence-corrected chi connectivity index (χ4v) is 4.66. The van der Waals surface area contributed by atoms with Crippen molar-refractivity contribution in [2.24, 2.45) is 0 Å². The zero-order chi connectivity index (χ0) is 24.4. The average Bonchev–Trinajstić information content (AvgIpc) is 3.51. The van der Waals surface area contributed by atoms with E-state index in [4.69, 9.17) is 4.74 Å². The van der Waals surface area contributed by atoms with Crippen LogP contribution < -0.4 is 5.56 Å². The maximum atomic E-state index is 13.3. The molecule has 2 aromatic carbocycles. The summed E-state index contributed by atoms with van der Waals surface area (Å²) in [6, 6.07) is 12.4. The Morgan fingerprint density at radius 3 is 2.71 bits per heavy atom. The molecule has 0 radical (unpaired) electrons. The van der Waals surface area contributed by atoms with Gasteiger partial charge in [0.2, 0.25) is 0 Å². The number of nitrogens with zero attached hydrogens (tertiary/aromatic N) is 5. The van der Waals surface area contributed by atoms with Crippen LogP contribution in [0, 0.1) is 19.7 Å². The van der Waals surface area contributed by atoms with Gasteiger partial charge >= 0.3 is 0 Å². The lowest BCUT2D eigenvalue weighted by Crippen LogP contribution is -2.34. The standard InChI is InChI=1S/C26H29FN6O2/c1-17-5-6-18(2)25-23(17)12-20(26(34)28-25)14-32(15-22-4-3-11-35-22)16-24-29-30-31-33(24)13-19-7-9-21(27)10-8-19/h5-10,12,22H,3-4,11,13-16H2,1-2H3,(H,28,34)/t22-/m1/s1. The highest BCUT2D eigenvalue weighted by molar-refractivity contribution is 5.85. The predicted octanol–water partition coefficient (Wildman–Crippen LogP) is 3.50. The van der Waals surface area contributed by atoms with Crippen LogP contribution in [0.15, 0.2) is 47.3 Å². The molecule has 4 aromatic rings. The number of H-pyrrole nitrogens is 1. The fraction of sp³-hybridized carbons (Fsp3) is 0.385. The highest BCUT2D eigenvalue weighted by Gasteiger charge is 2.22. The molecule has 2 aromatic heterocycles. The molecule has 9 heteroatoms. The third kappa shape index (κ3) is 5.31. The smallest absolute Gasteiger partial charge is 0.252 e. The lowest BCUT2D eigenvalue weighted by molar-refractivity contribution is 0.0663. The Balaban J connectivity index is 1.42. The normalized spacial score (nSPS) is 15.9. The minimum Gasteiger partial charge on any atom is -0.377 e. The van der Waals surface area contributed by atoms with Crippen LogP contribution in [0.5, 0.6) is 0 Å². The number of tetrazole rings is 1. The number of ether oxygens (including phenoxy) is 1. The van der Waals surface area contributed by atoms with Crippen molar-refractivity contribution in [2.45, 2.75) is 52.4 Å². The molecule has 1 aliphatic heterocycles. The van der Waals surface area contributed by atoms with Gasteiger partial charge in [0.25, 0.3) is 5.56 Å². The van der Waals surface area contributed by atoms with E-state index < -0.39 is 0 Å². The SMILES string of the molecule is Cc1ccc(C)c2[nH]c(=O)c(CN(Cc3nnnn3Cc3ccc(F)cc3)C[C@H]3CCCO3)cc12. The van der Waals surface area contributed by atoms with E-state index in [1.165, 1.54) is 12.1 Å². The van der Waals surface area contributed by atoms with Gasteiger partial charge in [-0.15, -0.1) is 5.10 Å².